The van der Waals surface area contributed by atoms with Crippen molar-refractivity contribution in [1.82, 2.24) is 0 Å². The molecule has 0 amide bonds. The van der Waals surface area contributed by atoms with Crippen molar-refractivity contribution < 1.29 is 15.0 Å². The van der Waals surface area contributed by atoms with E-state index in [1.807, 2.05) is 0 Å². The first-order valence-electron chi connectivity index (χ1n) is 2.00. The first-order valence-corrected chi connectivity index (χ1v) is 2.00. The fourth-order valence-electron chi connectivity index (χ4n) is 0.0703. The van der Waals surface area contributed by atoms with Gasteiger partial charge < -0.3 is 15.0 Å². The minimum atomic E-state index is -1.50. The van der Waals surface area contributed by atoms with E-state index in [0.29, 0.717) is 6.29 Å². The van der Waals surface area contributed by atoms with E-state index in [2.05, 4.69) is 0 Å². The van der Waals surface area contributed by atoms with Crippen LogP contribution >= 0.6 is 0 Å². The van der Waals surface area contributed by atoms with Crippen molar-refractivity contribution in [2.45, 2.75) is 13.2 Å². The summed E-state index contributed by atoms with van der Waals surface area (Å²) in [5, 5.41) is 16.3. The molecule has 0 aliphatic rings. The maximum Gasteiger partial charge on any atom is 0.160 e. The minimum Gasteiger partial charge on any atom is -0.368 e. The minimum absolute atomic E-state index is 0.491. The normalized spacial score (nSPS) is 14.3. The Kier molecular flexibility index (Phi) is 2.55. The molecule has 1 unspecified atom stereocenters. The maximum atomic E-state index is 9.63. The van der Waals surface area contributed by atoms with Crippen molar-refractivity contribution in [3.8, 4) is 0 Å². The number of hydrogen-bond acceptors (Lipinski definition) is 3. The second kappa shape index (κ2) is 2.71. The smallest absolute Gasteiger partial charge is 0.160 e. The monoisotopic (exact) mass is 104 g/mol. The largest absolute Gasteiger partial charge is 0.368 e. The Morgan fingerprint density at radius 3 is 2.00 bits per heavy atom. The Hall–Kier alpha value is -0.410. The van der Waals surface area contributed by atoms with E-state index in [4.69, 9.17) is 10.2 Å². The molecule has 0 fully saturated rings. The first-order chi connectivity index (χ1) is 3.18. The summed E-state index contributed by atoms with van der Waals surface area (Å²) in [4.78, 5) is 9.63. The third-order valence-corrected chi connectivity index (χ3v) is 0.685. The van der Waals surface area contributed by atoms with Crippen molar-refractivity contribution >= 4 is 6.29 Å². The van der Waals surface area contributed by atoms with E-state index in [1.54, 1.807) is 0 Å². The van der Waals surface area contributed by atoms with Gasteiger partial charge in [-0.25, -0.2) is 0 Å². The van der Waals surface area contributed by atoms with E-state index in [-0.39, 0.29) is 0 Å². The second-order valence-corrected chi connectivity index (χ2v) is 1.41. The van der Waals surface area contributed by atoms with Gasteiger partial charge in [0.2, 0.25) is 0 Å². The van der Waals surface area contributed by atoms with Gasteiger partial charge in [0, 0.05) is 0 Å². The van der Waals surface area contributed by atoms with Crippen LogP contribution in [0, 0.1) is 5.92 Å². The van der Waals surface area contributed by atoms with E-state index in [0.717, 1.165) is 0 Å². The highest BCUT2D eigenvalue weighted by atomic mass is 16.5. The standard InChI is InChI=1S/C4H8O3/c1-3(2-5)4(6)7/h2-4,6-7H,1H3. The number of carbonyl (C=O) groups is 1. The first kappa shape index (κ1) is 6.59. The molecule has 0 aromatic carbocycles. The third kappa shape index (κ3) is 2.31. The van der Waals surface area contributed by atoms with Crippen LogP contribution in [0.2, 0.25) is 0 Å². The molecule has 0 aromatic heterocycles. The number of rotatable bonds is 2. The topological polar surface area (TPSA) is 57.5 Å². The molecule has 7 heavy (non-hydrogen) atoms. The number of carbonyl (C=O) groups excluding carboxylic acids is 1. The number of hydrogen-bond donors (Lipinski definition) is 2. The van der Waals surface area contributed by atoms with Gasteiger partial charge in [0.15, 0.2) is 6.29 Å². The molecule has 3 nitrogen and oxygen atoms in total. The molecule has 0 spiro atoms. The highest BCUT2D eigenvalue weighted by Crippen LogP contribution is 1.91. The molecule has 42 valence electrons. The summed E-state index contributed by atoms with van der Waals surface area (Å²) >= 11 is 0. The fourth-order valence-corrected chi connectivity index (χ4v) is 0.0703. The summed E-state index contributed by atoms with van der Waals surface area (Å²) in [6.07, 6.45) is -1.01. The summed E-state index contributed by atoms with van der Waals surface area (Å²) in [6, 6.07) is 0. The van der Waals surface area contributed by atoms with Gasteiger partial charge in [0.05, 0.1) is 5.92 Å². The molecular formula is C4H8O3. The van der Waals surface area contributed by atoms with Crippen LogP contribution in [0.5, 0.6) is 0 Å². The molecule has 0 heterocycles. The van der Waals surface area contributed by atoms with E-state index in [9.17, 15) is 4.79 Å². The molecule has 1 atom stereocenters. The molecule has 0 aromatic rings. The lowest BCUT2D eigenvalue weighted by Crippen LogP contribution is -2.16. The Balaban J connectivity index is 3.33. The van der Waals surface area contributed by atoms with E-state index >= 15 is 0 Å². The van der Waals surface area contributed by atoms with Gasteiger partial charge in [-0.3, -0.25) is 0 Å². The molecule has 3 heteroatoms. The van der Waals surface area contributed by atoms with Crippen molar-refractivity contribution in [3.63, 3.8) is 0 Å². The van der Waals surface area contributed by atoms with Gasteiger partial charge in [-0.15, -0.1) is 0 Å². The SMILES string of the molecule is CC(C=O)C(O)O. The average Bonchev–Trinajstić information content (AvgIpc) is 1.65. The summed E-state index contributed by atoms with van der Waals surface area (Å²) in [6.45, 7) is 1.43. The van der Waals surface area contributed by atoms with Crippen LogP contribution in [-0.2, 0) is 4.79 Å². The lowest BCUT2D eigenvalue weighted by Gasteiger charge is -2.02. The molecule has 0 saturated carbocycles. The van der Waals surface area contributed by atoms with Gasteiger partial charge in [-0.05, 0) is 0 Å². The summed E-state index contributed by atoms with van der Waals surface area (Å²) in [5.74, 6) is -0.667. The fraction of sp³-hybridized carbons (Fsp3) is 0.750. The van der Waals surface area contributed by atoms with Crippen LogP contribution < -0.4 is 0 Å². The predicted octanol–water partition coefficient (Wildman–Crippen LogP) is -0.868. The molecular weight excluding hydrogens is 96.0 g/mol. The molecule has 2 N–H and O–H groups in total. The third-order valence-electron chi connectivity index (χ3n) is 0.685. The Morgan fingerprint density at radius 1 is 1.57 bits per heavy atom. The van der Waals surface area contributed by atoms with E-state index in [1.165, 1.54) is 6.92 Å². The van der Waals surface area contributed by atoms with Crippen molar-refractivity contribution in [3.05, 3.63) is 0 Å². The summed E-state index contributed by atoms with van der Waals surface area (Å²) in [5.41, 5.74) is 0. The lowest BCUT2D eigenvalue weighted by molar-refractivity contribution is -0.125. The van der Waals surface area contributed by atoms with Crippen LogP contribution in [-0.4, -0.2) is 22.8 Å². The van der Waals surface area contributed by atoms with Crippen LogP contribution in [0.15, 0.2) is 0 Å². The Bertz CT molecular complexity index is 60.0. The van der Waals surface area contributed by atoms with Crippen LogP contribution in [0.4, 0.5) is 0 Å². The molecule has 0 aliphatic heterocycles. The van der Waals surface area contributed by atoms with Crippen LogP contribution in [0.25, 0.3) is 0 Å². The number of aliphatic hydroxyl groups excluding tert-OH is 1. The van der Waals surface area contributed by atoms with Gasteiger partial charge in [0.25, 0.3) is 0 Å². The lowest BCUT2D eigenvalue weighted by atomic mass is 10.2. The van der Waals surface area contributed by atoms with Crippen molar-refractivity contribution in [2.24, 2.45) is 5.92 Å². The van der Waals surface area contributed by atoms with Crippen molar-refractivity contribution in [1.29, 1.82) is 0 Å². The predicted molar refractivity (Wildman–Crippen MR) is 23.5 cm³/mol. The summed E-state index contributed by atoms with van der Waals surface area (Å²) < 4.78 is 0. The molecule has 0 rings (SSSR count). The van der Waals surface area contributed by atoms with E-state index < -0.39 is 12.2 Å². The number of aldehydes is 1. The molecule has 0 saturated heterocycles. The van der Waals surface area contributed by atoms with Gasteiger partial charge >= 0.3 is 0 Å². The zero-order valence-electron chi connectivity index (χ0n) is 4.03. The molecule has 0 aliphatic carbocycles. The van der Waals surface area contributed by atoms with Gasteiger partial charge in [-0.1, -0.05) is 6.92 Å². The quantitative estimate of drug-likeness (QED) is 0.354. The highest BCUT2D eigenvalue weighted by molar-refractivity contribution is 5.53. The zero-order chi connectivity index (χ0) is 5.86. The van der Waals surface area contributed by atoms with Crippen LogP contribution in [0.3, 0.4) is 0 Å². The van der Waals surface area contributed by atoms with Crippen molar-refractivity contribution in [2.75, 3.05) is 0 Å². The molecule has 0 radical (unpaired) electrons. The Labute approximate surface area is 41.6 Å². The summed E-state index contributed by atoms with van der Waals surface area (Å²) in [7, 11) is 0. The zero-order valence-corrected chi connectivity index (χ0v) is 4.03. The van der Waals surface area contributed by atoms with Gasteiger partial charge in [-0.2, -0.15) is 0 Å². The number of aliphatic hydroxyl groups is 2. The maximum absolute atomic E-state index is 9.63. The molecule has 0 bridgehead atoms. The van der Waals surface area contributed by atoms with Crippen LogP contribution in [0.1, 0.15) is 6.92 Å². The Morgan fingerprint density at radius 2 is 2.00 bits per heavy atom. The second-order valence-electron chi connectivity index (χ2n) is 1.41. The van der Waals surface area contributed by atoms with Gasteiger partial charge in [0.1, 0.15) is 6.29 Å². The average molecular weight is 104 g/mol. The highest BCUT2D eigenvalue weighted by Gasteiger charge is 2.06.